The lowest BCUT2D eigenvalue weighted by Gasteiger charge is -2.30. The number of hydrogen-bond acceptors (Lipinski definition) is 6. The largest absolute Gasteiger partial charge is 0.467 e. The van der Waals surface area contributed by atoms with E-state index in [4.69, 9.17) is 9.40 Å². The second-order valence-corrected chi connectivity index (χ2v) is 13.0. The maximum absolute atomic E-state index is 13.9. The van der Waals surface area contributed by atoms with Crippen molar-refractivity contribution in [3.8, 4) is 0 Å². The summed E-state index contributed by atoms with van der Waals surface area (Å²) >= 11 is 1.45. The van der Waals surface area contributed by atoms with Gasteiger partial charge in [-0.15, -0.1) is 0 Å². The molecule has 9 heteroatoms. The highest BCUT2D eigenvalue weighted by molar-refractivity contribution is 7.92. The molecule has 0 saturated carbocycles. The van der Waals surface area contributed by atoms with Crippen LogP contribution in [0.15, 0.2) is 94.4 Å². The monoisotopic (exact) mass is 571 g/mol. The molecule has 0 saturated heterocycles. The van der Waals surface area contributed by atoms with Crippen LogP contribution in [0, 0.1) is 0 Å². The van der Waals surface area contributed by atoms with Crippen LogP contribution in [0.5, 0.6) is 0 Å². The van der Waals surface area contributed by atoms with Gasteiger partial charge in [-0.1, -0.05) is 55.5 Å². The maximum atomic E-state index is 13.9. The van der Waals surface area contributed by atoms with Crippen LogP contribution in [0.2, 0.25) is 0 Å². The number of nitrogens with zero attached hydrogens (tertiary/aromatic N) is 3. The molecule has 204 valence electrons. The van der Waals surface area contributed by atoms with E-state index in [0.29, 0.717) is 23.0 Å². The van der Waals surface area contributed by atoms with Crippen molar-refractivity contribution < 1.29 is 17.6 Å². The summed E-state index contributed by atoms with van der Waals surface area (Å²) in [6.07, 6.45) is 3.19. The first-order valence-electron chi connectivity index (χ1n) is 13.3. The van der Waals surface area contributed by atoms with Crippen LogP contribution < -0.4 is 9.21 Å². The summed E-state index contributed by atoms with van der Waals surface area (Å²) < 4.78 is 35.2. The van der Waals surface area contributed by atoms with Crippen molar-refractivity contribution in [2.24, 2.45) is 0 Å². The van der Waals surface area contributed by atoms with Gasteiger partial charge in [0, 0.05) is 12.1 Å². The van der Waals surface area contributed by atoms with Crippen molar-refractivity contribution in [1.29, 1.82) is 0 Å². The van der Waals surface area contributed by atoms with E-state index in [-0.39, 0.29) is 23.3 Å². The van der Waals surface area contributed by atoms with Gasteiger partial charge in [-0.25, -0.2) is 13.4 Å². The van der Waals surface area contributed by atoms with E-state index in [1.807, 2.05) is 42.5 Å². The highest BCUT2D eigenvalue weighted by atomic mass is 32.2. The number of anilines is 2. The fraction of sp³-hybridized carbons (Fsp3) is 0.226. The zero-order valence-corrected chi connectivity index (χ0v) is 23.9. The van der Waals surface area contributed by atoms with Crippen LogP contribution >= 0.6 is 11.3 Å². The van der Waals surface area contributed by atoms with Gasteiger partial charge in [-0.05, 0) is 78.4 Å². The number of amides is 1. The molecule has 0 aliphatic carbocycles. The van der Waals surface area contributed by atoms with Crippen molar-refractivity contribution in [1.82, 2.24) is 4.98 Å². The molecule has 7 nitrogen and oxygen atoms in total. The van der Waals surface area contributed by atoms with Crippen LogP contribution in [0.25, 0.3) is 10.2 Å². The first-order valence-corrected chi connectivity index (χ1v) is 15.5. The summed E-state index contributed by atoms with van der Waals surface area (Å²) in [7, 11) is -3.78. The van der Waals surface area contributed by atoms with Gasteiger partial charge in [0.1, 0.15) is 5.76 Å². The van der Waals surface area contributed by atoms with Crippen molar-refractivity contribution in [3.05, 3.63) is 108 Å². The Kier molecular flexibility index (Phi) is 6.93. The Morgan fingerprint density at radius 3 is 2.58 bits per heavy atom. The van der Waals surface area contributed by atoms with E-state index in [0.717, 1.165) is 39.9 Å². The molecule has 1 aliphatic heterocycles. The number of sulfonamides is 1. The number of carbonyl (C=O) groups excluding carboxylic acids is 1. The number of aromatic nitrogens is 1. The highest BCUT2D eigenvalue weighted by Gasteiger charge is 2.30. The van der Waals surface area contributed by atoms with Crippen molar-refractivity contribution in [2.75, 3.05) is 15.7 Å². The molecule has 1 aliphatic rings. The summed E-state index contributed by atoms with van der Waals surface area (Å²) in [4.78, 5) is 20.5. The molecule has 1 amide bonds. The first-order chi connectivity index (χ1) is 19.3. The Morgan fingerprint density at radius 2 is 1.82 bits per heavy atom. The predicted molar refractivity (Wildman–Crippen MR) is 159 cm³/mol. The minimum absolute atomic E-state index is 0.153. The highest BCUT2D eigenvalue weighted by Crippen LogP contribution is 2.35. The zero-order chi connectivity index (χ0) is 27.9. The summed E-state index contributed by atoms with van der Waals surface area (Å²) in [5, 5.41) is 0.561. The van der Waals surface area contributed by atoms with E-state index in [2.05, 4.69) is 19.9 Å². The van der Waals surface area contributed by atoms with Gasteiger partial charge < -0.3 is 4.42 Å². The number of fused-ring (bicyclic) bond motifs is 2. The molecular formula is C31H29N3O4S2. The second kappa shape index (κ2) is 10.6. The lowest BCUT2D eigenvalue weighted by molar-refractivity contribution is 0.0983. The average molecular weight is 572 g/mol. The minimum atomic E-state index is -3.78. The maximum Gasteiger partial charge on any atom is 0.264 e. The number of benzene rings is 3. The summed E-state index contributed by atoms with van der Waals surface area (Å²) in [5.41, 5.74) is 4.12. The number of para-hydroxylation sites is 2. The molecule has 5 aromatic rings. The molecule has 0 bridgehead atoms. The first kappa shape index (κ1) is 26.3. The third-order valence-electron chi connectivity index (χ3n) is 7.19. The fourth-order valence-electron chi connectivity index (χ4n) is 5.13. The predicted octanol–water partition coefficient (Wildman–Crippen LogP) is 7.00. The normalized spacial score (nSPS) is 13.5. The third-order valence-corrected chi connectivity index (χ3v) is 10.1. The standard InChI is InChI=1S/C31H29N3O4S2/c1-21(2)26-11-5-13-28-29(26)32-31(39-28)33(20-24-10-7-19-38-24)30(35)23-14-16-25(17-15-23)40(36,37)34-18-6-9-22-8-3-4-12-27(22)34/h3-5,7-8,10-17,19,21H,6,9,18,20H2,1-2H3. The van der Waals surface area contributed by atoms with Gasteiger partial charge >= 0.3 is 0 Å². The number of carbonyl (C=O) groups is 1. The van der Waals surface area contributed by atoms with Gasteiger partial charge in [0.2, 0.25) is 0 Å². The van der Waals surface area contributed by atoms with Gasteiger partial charge in [0.25, 0.3) is 15.9 Å². The van der Waals surface area contributed by atoms with Gasteiger partial charge in [0.05, 0.1) is 33.6 Å². The molecule has 2 aromatic heterocycles. The number of rotatable bonds is 7. The van der Waals surface area contributed by atoms with E-state index in [1.165, 1.54) is 27.8 Å². The summed E-state index contributed by atoms with van der Waals surface area (Å²) in [5.74, 6) is 0.628. The molecule has 3 aromatic carbocycles. The Labute approximate surface area is 237 Å². The van der Waals surface area contributed by atoms with Gasteiger partial charge in [0.15, 0.2) is 5.13 Å². The molecule has 40 heavy (non-hydrogen) atoms. The molecule has 0 radical (unpaired) electrons. The third kappa shape index (κ3) is 4.80. The number of hydrogen-bond donors (Lipinski definition) is 0. The van der Waals surface area contributed by atoms with Gasteiger partial charge in [-0.2, -0.15) is 0 Å². The average Bonchev–Trinajstić information content (AvgIpc) is 3.65. The minimum Gasteiger partial charge on any atom is -0.467 e. The van der Waals surface area contributed by atoms with Crippen LogP contribution in [0.1, 0.15) is 53.4 Å². The topological polar surface area (TPSA) is 83.7 Å². The second-order valence-electron chi connectivity index (χ2n) is 10.1. The molecular weight excluding hydrogens is 542 g/mol. The quantitative estimate of drug-likeness (QED) is 0.210. The van der Waals surface area contributed by atoms with Gasteiger partial charge in [-0.3, -0.25) is 14.0 Å². The molecule has 3 heterocycles. The molecule has 0 atom stereocenters. The van der Waals surface area contributed by atoms with Crippen LogP contribution in [0.3, 0.4) is 0 Å². The molecule has 0 N–H and O–H groups in total. The van der Waals surface area contributed by atoms with Crippen molar-refractivity contribution >= 4 is 48.3 Å². The van der Waals surface area contributed by atoms with Crippen LogP contribution in [-0.4, -0.2) is 25.9 Å². The lowest BCUT2D eigenvalue weighted by Crippen LogP contribution is -2.35. The van der Waals surface area contributed by atoms with Crippen molar-refractivity contribution in [2.45, 2.75) is 44.0 Å². The van der Waals surface area contributed by atoms with E-state index in [9.17, 15) is 13.2 Å². The Hall–Kier alpha value is -3.95. The lowest BCUT2D eigenvalue weighted by atomic mass is 10.0. The number of aryl methyl sites for hydroxylation is 1. The molecule has 6 rings (SSSR count). The van der Waals surface area contributed by atoms with Crippen LogP contribution in [-0.2, 0) is 23.0 Å². The van der Waals surface area contributed by atoms with Crippen molar-refractivity contribution in [3.63, 3.8) is 0 Å². The van der Waals surface area contributed by atoms with E-state index >= 15 is 0 Å². The number of thiazole rings is 1. The number of furan rings is 1. The zero-order valence-electron chi connectivity index (χ0n) is 22.3. The van der Waals surface area contributed by atoms with E-state index in [1.54, 1.807) is 29.4 Å². The fourth-order valence-corrected chi connectivity index (χ4v) is 7.66. The summed E-state index contributed by atoms with van der Waals surface area (Å²) in [6.45, 7) is 4.87. The molecule has 0 fully saturated rings. The SMILES string of the molecule is CC(C)c1cccc2sc(N(Cc3ccco3)C(=O)c3ccc(S(=O)(=O)N4CCCc5ccccc54)cc3)nc12. The Bertz CT molecular complexity index is 1780. The Balaban J connectivity index is 1.33. The molecule has 0 spiro atoms. The van der Waals surface area contributed by atoms with Crippen LogP contribution in [0.4, 0.5) is 10.8 Å². The summed E-state index contributed by atoms with van der Waals surface area (Å²) in [6, 6.07) is 23.5. The van der Waals surface area contributed by atoms with E-state index < -0.39 is 10.0 Å². The molecule has 0 unspecified atom stereocenters. The Morgan fingerprint density at radius 1 is 1.02 bits per heavy atom. The smallest absolute Gasteiger partial charge is 0.264 e.